The molecular weight excluding hydrogens is 376 g/mol. The van der Waals surface area contributed by atoms with E-state index in [9.17, 15) is 19.5 Å². The maximum atomic E-state index is 12.7. The molecule has 2 aliphatic rings. The Kier molecular flexibility index (Phi) is 4.71. The van der Waals surface area contributed by atoms with E-state index in [2.05, 4.69) is 16.0 Å². The molecule has 0 aromatic heterocycles. The number of aromatic hydroxyl groups is 1. The summed E-state index contributed by atoms with van der Waals surface area (Å²) in [5.74, 6) is -1.12. The third-order valence-corrected chi connectivity index (χ3v) is 5.15. The third kappa shape index (κ3) is 3.42. The molecule has 29 heavy (non-hydrogen) atoms. The van der Waals surface area contributed by atoms with Crippen molar-refractivity contribution in [1.29, 1.82) is 0 Å². The van der Waals surface area contributed by atoms with Gasteiger partial charge in [-0.25, -0.2) is 9.59 Å². The molecule has 3 unspecified atom stereocenters. The first-order valence-corrected chi connectivity index (χ1v) is 9.07. The van der Waals surface area contributed by atoms with Gasteiger partial charge in [-0.05, 0) is 23.3 Å². The van der Waals surface area contributed by atoms with E-state index in [0.717, 1.165) is 5.56 Å². The van der Waals surface area contributed by atoms with Crippen LogP contribution in [0.3, 0.4) is 0 Å². The largest absolute Gasteiger partial charge is 0.504 e. The van der Waals surface area contributed by atoms with Gasteiger partial charge in [-0.3, -0.25) is 15.0 Å². The van der Waals surface area contributed by atoms with Crippen LogP contribution in [0.2, 0.25) is 0 Å². The normalized spacial score (nSPS) is 23.6. The van der Waals surface area contributed by atoms with Crippen LogP contribution in [0.4, 0.5) is 9.59 Å². The van der Waals surface area contributed by atoms with Gasteiger partial charge < -0.3 is 20.5 Å². The quantitative estimate of drug-likeness (QED) is 0.624. The average molecular weight is 396 g/mol. The number of methoxy groups -OCH3 is 1. The third-order valence-electron chi connectivity index (χ3n) is 5.15. The molecule has 2 aliphatic heterocycles. The van der Waals surface area contributed by atoms with E-state index in [1.807, 2.05) is 30.3 Å². The van der Waals surface area contributed by atoms with Crippen LogP contribution in [-0.4, -0.2) is 41.3 Å². The number of fused-ring (bicyclic) bond motifs is 1. The van der Waals surface area contributed by atoms with Gasteiger partial charge in [0.1, 0.15) is 12.1 Å². The van der Waals surface area contributed by atoms with Crippen LogP contribution in [0.15, 0.2) is 48.5 Å². The molecule has 0 bridgehead atoms. The lowest BCUT2D eigenvalue weighted by Gasteiger charge is -2.46. The van der Waals surface area contributed by atoms with Gasteiger partial charge in [0.25, 0.3) is 0 Å². The molecule has 3 atom stereocenters. The lowest BCUT2D eigenvalue weighted by atomic mass is 9.86. The van der Waals surface area contributed by atoms with Gasteiger partial charge in [0.2, 0.25) is 5.91 Å². The highest BCUT2D eigenvalue weighted by molar-refractivity contribution is 6.00. The monoisotopic (exact) mass is 396 g/mol. The number of nitrogens with zero attached hydrogens (tertiary/aromatic N) is 1. The van der Waals surface area contributed by atoms with Crippen LogP contribution in [0, 0.1) is 5.92 Å². The highest BCUT2D eigenvalue weighted by Crippen LogP contribution is 2.36. The van der Waals surface area contributed by atoms with Gasteiger partial charge in [0.15, 0.2) is 11.5 Å². The number of phenolic OH excluding ortho intramolecular Hbond substituents is 1. The number of urea groups is 2. The summed E-state index contributed by atoms with van der Waals surface area (Å²) in [5, 5.41) is 17.9. The fourth-order valence-electron chi connectivity index (χ4n) is 3.77. The minimum atomic E-state index is -0.834. The molecule has 5 amide bonds. The van der Waals surface area contributed by atoms with E-state index >= 15 is 0 Å². The van der Waals surface area contributed by atoms with E-state index < -0.39 is 36.1 Å². The van der Waals surface area contributed by atoms with Crippen molar-refractivity contribution in [3.05, 3.63) is 59.7 Å². The lowest BCUT2D eigenvalue weighted by molar-refractivity contribution is -0.130. The van der Waals surface area contributed by atoms with Crippen LogP contribution in [0.1, 0.15) is 17.2 Å². The summed E-state index contributed by atoms with van der Waals surface area (Å²) in [6.45, 7) is 0.224. The lowest BCUT2D eigenvalue weighted by Crippen LogP contribution is -2.71. The van der Waals surface area contributed by atoms with Crippen molar-refractivity contribution in [2.75, 3.05) is 7.11 Å². The topological polar surface area (TPSA) is 120 Å². The molecule has 9 heteroatoms. The minimum absolute atomic E-state index is 0.109. The number of rotatable bonds is 4. The maximum Gasteiger partial charge on any atom is 0.326 e. The van der Waals surface area contributed by atoms with Gasteiger partial charge >= 0.3 is 12.1 Å². The molecule has 0 spiro atoms. The van der Waals surface area contributed by atoms with E-state index in [1.54, 1.807) is 12.1 Å². The number of amides is 5. The predicted octanol–water partition coefficient (Wildman–Crippen LogP) is 1.45. The van der Waals surface area contributed by atoms with Crippen molar-refractivity contribution < 1.29 is 24.2 Å². The fourth-order valence-corrected chi connectivity index (χ4v) is 3.77. The molecule has 150 valence electrons. The number of benzene rings is 2. The number of imide groups is 1. The Labute approximate surface area is 166 Å². The van der Waals surface area contributed by atoms with Crippen molar-refractivity contribution in [1.82, 2.24) is 20.9 Å². The molecule has 0 radical (unpaired) electrons. The average Bonchev–Trinajstić information content (AvgIpc) is 2.71. The van der Waals surface area contributed by atoms with Gasteiger partial charge in [-0.15, -0.1) is 0 Å². The Bertz CT molecular complexity index is 965. The molecule has 0 aliphatic carbocycles. The van der Waals surface area contributed by atoms with Crippen molar-refractivity contribution >= 4 is 18.0 Å². The number of carbonyl (C=O) groups is 3. The highest BCUT2D eigenvalue weighted by atomic mass is 16.5. The first kappa shape index (κ1) is 18.6. The number of hydrogen-bond acceptors (Lipinski definition) is 5. The zero-order valence-corrected chi connectivity index (χ0v) is 15.6. The second-order valence-electron chi connectivity index (χ2n) is 6.91. The van der Waals surface area contributed by atoms with Crippen molar-refractivity contribution in [2.45, 2.75) is 18.8 Å². The zero-order chi connectivity index (χ0) is 20.5. The predicted molar refractivity (Wildman–Crippen MR) is 102 cm³/mol. The second-order valence-corrected chi connectivity index (χ2v) is 6.91. The highest BCUT2D eigenvalue weighted by Gasteiger charge is 2.50. The van der Waals surface area contributed by atoms with Gasteiger partial charge in [0.05, 0.1) is 13.2 Å². The standard InChI is InChI=1S/C20H20N4O5/c1-29-14-8-7-12(9-13(14)25)16-15-17(22-19(27)21-16)24(20(28)23-18(15)26)10-11-5-3-2-4-6-11/h2-9,15-17,25H,10H2,1H3,(H2,21,22,27)(H,23,26,28). The Balaban J connectivity index is 1.69. The molecule has 2 aromatic carbocycles. The molecule has 4 N–H and O–H groups in total. The van der Waals surface area contributed by atoms with Gasteiger partial charge in [-0.2, -0.15) is 0 Å². The molecule has 2 fully saturated rings. The Morgan fingerprint density at radius 3 is 2.52 bits per heavy atom. The summed E-state index contributed by atoms with van der Waals surface area (Å²) < 4.78 is 5.05. The van der Waals surface area contributed by atoms with Crippen molar-refractivity contribution in [3.8, 4) is 11.5 Å². The molecule has 4 rings (SSSR count). The molecular formula is C20H20N4O5. The van der Waals surface area contributed by atoms with E-state index in [-0.39, 0.29) is 18.0 Å². The van der Waals surface area contributed by atoms with E-state index in [1.165, 1.54) is 18.1 Å². The van der Waals surface area contributed by atoms with Crippen LogP contribution in [0.25, 0.3) is 0 Å². The Hall–Kier alpha value is -3.75. The summed E-state index contributed by atoms with van der Waals surface area (Å²) >= 11 is 0. The Morgan fingerprint density at radius 1 is 1.07 bits per heavy atom. The zero-order valence-electron chi connectivity index (χ0n) is 15.6. The number of hydrogen-bond donors (Lipinski definition) is 4. The van der Waals surface area contributed by atoms with E-state index in [0.29, 0.717) is 5.56 Å². The van der Waals surface area contributed by atoms with E-state index in [4.69, 9.17) is 4.74 Å². The second kappa shape index (κ2) is 7.34. The maximum absolute atomic E-state index is 12.7. The summed E-state index contributed by atoms with van der Waals surface area (Å²) in [6.07, 6.45) is -0.834. The summed E-state index contributed by atoms with van der Waals surface area (Å²) in [7, 11) is 1.43. The first-order chi connectivity index (χ1) is 14.0. The SMILES string of the molecule is COc1ccc(C2NC(=O)NC3C2C(=O)NC(=O)N3Cc2ccccc2)cc1O. The molecule has 2 heterocycles. The van der Waals surface area contributed by atoms with Crippen LogP contribution < -0.4 is 20.7 Å². The first-order valence-electron chi connectivity index (χ1n) is 9.07. The summed E-state index contributed by atoms with van der Waals surface area (Å²) in [4.78, 5) is 39.0. The summed E-state index contributed by atoms with van der Waals surface area (Å²) in [6, 6.07) is 12.1. The fraction of sp³-hybridized carbons (Fsp3) is 0.250. The smallest absolute Gasteiger partial charge is 0.326 e. The summed E-state index contributed by atoms with van der Waals surface area (Å²) in [5.41, 5.74) is 1.39. The molecule has 2 aromatic rings. The van der Waals surface area contributed by atoms with Crippen molar-refractivity contribution in [3.63, 3.8) is 0 Å². The Morgan fingerprint density at radius 2 is 1.83 bits per heavy atom. The molecule has 0 saturated carbocycles. The number of carbonyl (C=O) groups excluding carboxylic acids is 3. The van der Waals surface area contributed by atoms with Gasteiger partial charge in [0, 0.05) is 6.54 Å². The van der Waals surface area contributed by atoms with Crippen LogP contribution in [-0.2, 0) is 11.3 Å². The van der Waals surface area contributed by atoms with Crippen LogP contribution in [0.5, 0.6) is 11.5 Å². The molecule has 9 nitrogen and oxygen atoms in total. The minimum Gasteiger partial charge on any atom is -0.504 e. The van der Waals surface area contributed by atoms with Crippen molar-refractivity contribution in [2.24, 2.45) is 5.92 Å². The van der Waals surface area contributed by atoms with Gasteiger partial charge in [-0.1, -0.05) is 36.4 Å². The molecule has 2 saturated heterocycles. The number of ether oxygens (including phenoxy) is 1. The number of phenols is 1. The van der Waals surface area contributed by atoms with Crippen LogP contribution >= 0.6 is 0 Å². The number of nitrogens with one attached hydrogen (secondary N) is 3.